The molecule has 1 aromatic carbocycles. The molecule has 5 heteroatoms. The smallest absolute Gasteiger partial charge is 0.321 e. The van der Waals surface area contributed by atoms with Gasteiger partial charge in [0.25, 0.3) is 0 Å². The fourth-order valence-corrected chi connectivity index (χ4v) is 2.89. The Hall–Kier alpha value is -1.33. The van der Waals surface area contributed by atoms with Crippen LogP contribution in [-0.2, 0) is 4.79 Å². The molecule has 0 spiro atoms. The van der Waals surface area contributed by atoms with E-state index in [1.807, 2.05) is 32.9 Å². The molecule has 104 valence electrons. The zero-order valence-electron chi connectivity index (χ0n) is 11.4. The molecule has 0 aromatic heterocycles. The number of thioether (sulfide) groups is 1. The van der Waals surface area contributed by atoms with E-state index in [0.29, 0.717) is 0 Å². The molecule has 1 atom stereocenters. The Morgan fingerprint density at radius 1 is 1.26 bits per heavy atom. The Morgan fingerprint density at radius 3 is 2.26 bits per heavy atom. The summed E-state index contributed by atoms with van der Waals surface area (Å²) < 4.78 is 0. The van der Waals surface area contributed by atoms with Crippen LogP contribution in [0.15, 0.2) is 12.1 Å². The normalized spacial score (nSPS) is 12.2. The molecule has 4 nitrogen and oxygen atoms in total. The number of hydrogen-bond acceptors (Lipinski definition) is 4. The summed E-state index contributed by atoms with van der Waals surface area (Å²) in [7, 11) is 0. The van der Waals surface area contributed by atoms with E-state index in [4.69, 9.17) is 10.8 Å². The van der Waals surface area contributed by atoms with Crippen LogP contribution >= 0.6 is 11.8 Å². The number of rotatable bonds is 6. The first kappa shape index (κ1) is 15.7. The van der Waals surface area contributed by atoms with Gasteiger partial charge in [0, 0.05) is 11.3 Å². The first-order chi connectivity index (χ1) is 8.82. The Kier molecular flexibility index (Phi) is 5.57. The van der Waals surface area contributed by atoms with E-state index in [-0.39, 0.29) is 17.3 Å². The standard InChI is InChI=1S/C14H19NO3S/c1-8-4-9(2)13(10(3)5-8)12(16)7-19-6-11(15)14(17)18/h4-5,11H,6-7,15H2,1-3H3,(H,17,18). The zero-order valence-corrected chi connectivity index (χ0v) is 12.2. The van der Waals surface area contributed by atoms with Gasteiger partial charge in [0.2, 0.25) is 0 Å². The minimum atomic E-state index is -1.04. The third-order valence-corrected chi connectivity index (χ3v) is 3.86. The topological polar surface area (TPSA) is 80.4 Å². The molecule has 1 rings (SSSR count). The molecule has 1 aromatic rings. The zero-order chi connectivity index (χ0) is 14.6. The highest BCUT2D eigenvalue weighted by atomic mass is 32.2. The van der Waals surface area contributed by atoms with Gasteiger partial charge >= 0.3 is 5.97 Å². The lowest BCUT2D eigenvalue weighted by atomic mass is 9.97. The van der Waals surface area contributed by atoms with Crippen LogP contribution in [0.5, 0.6) is 0 Å². The van der Waals surface area contributed by atoms with Crippen molar-refractivity contribution in [2.24, 2.45) is 5.73 Å². The Labute approximate surface area is 117 Å². The van der Waals surface area contributed by atoms with Crippen molar-refractivity contribution in [2.45, 2.75) is 26.8 Å². The lowest BCUT2D eigenvalue weighted by Crippen LogP contribution is -2.32. The Morgan fingerprint density at radius 2 is 1.79 bits per heavy atom. The second-order valence-electron chi connectivity index (χ2n) is 4.66. The fourth-order valence-electron chi connectivity index (χ4n) is 2.04. The number of aliphatic carboxylic acids is 1. The van der Waals surface area contributed by atoms with Crippen LogP contribution < -0.4 is 5.73 Å². The van der Waals surface area contributed by atoms with E-state index in [9.17, 15) is 9.59 Å². The quantitative estimate of drug-likeness (QED) is 0.779. The van der Waals surface area contributed by atoms with Gasteiger partial charge in [0.15, 0.2) is 5.78 Å². The monoisotopic (exact) mass is 281 g/mol. The van der Waals surface area contributed by atoms with Crippen LogP contribution in [-0.4, -0.2) is 34.4 Å². The van der Waals surface area contributed by atoms with Crippen LogP contribution in [0.25, 0.3) is 0 Å². The molecule has 0 aliphatic rings. The predicted octanol–water partition coefficient (Wildman–Crippen LogP) is 1.94. The number of Topliss-reactive ketones (excluding diaryl/α,β-unsaturated/α-hetero) is 1. The van der Waals surface area contributed by atoms with Crippen molar-refractivity contribution in [3.63, 3.8) is 0 Å². The van der Waals surface area contributed by atoms with Crippen LogP contribution in [0.4, 0.5) is 0 Å². The minimum absolute atomic E-state index is 0.0255. The van der Waals surface area contributed by atoms with Crippen LogP contribution in [0.1, 0.15) is 27.0 Å². The maximum Gasteiger partial charge on any atom is 0.321 e. The van der Waals surface area contributed by atoms with Crippen molar-refractivity contribution in [2.75, 3.05) is 11.5 Å². The molecule has 1 unspecified atom stereocenters. The van der Waals surface area contributed by atoms with E-state index in [0.717, 1.165) is 22.3 Å². The van der Waals surface area contributed by atoms with Crippen LogP contribution in [0.2, 0.25) is 0 Å². The van der Waals surface area contributed by atoms with Gasteiger partial charge in [-0.15, -0.1) is 0 Å². The summed E-state index contributed by atoms with van der Waals surface area (Å²) in [6.45, 7) is 5.83. The van der Waals surface area contributed by atoms with E-state index in [1.54, 1.807) is 0 Å². The molecule has 3 N–H and O–H groups in total. The summed E-state index contributed by atoms with van der Waals surface area (Å²) in [5.74, 6) is -0.517. The molecule has 0 amide bonds. The van der Waals surface area contributed by atoms with Gasteiger partial charge < -0.3 is 10.8 Å². The minimum Gasteiger partial charge on any atom is -0.480 e. The summed E-state index contributed by atoms with van der Waals surface area (Å²) in [6, 6.07) is 3.04. The third-order valence-electron chi connectivity index (χ3n) is 2.80. The number of carbonyl (C=O) groups is 2. The summed E-state index contributed by atoms with van der Waals surface area (Å²) in [6.07, 6.45) is 0. The molecular weight excluding hydrogens is 262 g/mol. The number of benzene rings is 1. The molecular formula is C14H19NO3S. The van der Waals surface area contributed by atoms with Gasteiger partial charge in [-0.05, 0) is 31.9 Å². The number of nitrogens with two attached hydrogens (primary N) is 1. The molecule has 0 aliphatic heterocycles. The Balaban J connectivity index is 2.67. The van der Waals surface area contributed by atoms with Crippen LogP contribution in [0, 0.1) is 20.8 Å². The first-order valence-electron chi connectivity index (χ1n) is 6.00. The summed E-state index contributed by atoms with van der Waals surface area (Å²) >= 11 is 1.26. The maximum absolute atomic E-state index is 12.1. The largest absolute Gasteiger partial charge is 0.480 e. The lowest BCUT2D eigenvalue weighted by Gasteiger charge is -2.11. The van der Waals surface area contributed by atoms with Gasteiger partial charge in [-0.3, -0.25) is 9.59 Å². The SMILES string of the molecule is Cc1cc(C)c(C(=O)CSCC(N)C(=O)O)c(C)c1. The second-order valence-corrected chi connectivity index (χ2v) is 5.69. The van der Waals surface area contributed by atoms with Crippen molar-refractivity contribution in [3.8, 4) is 0 Å². The number of carbonyl (C=O) groups excluding carboxylic acids is 1. The highest BCUT2D eigenvalue weighted by Crippen LogP contribution is 2.19. The van der Waals surface area contributed by atoms with Gasteiger partial charge in [0.05, 0.1) is 5.75 Å². The van der Waals surface area contributed by atoms with Gasteiger partial charge in [-0.2, -0.15) is 11.8 Å². The van der Waals surface area contributed by atoms with E-state index < -0.39 is 12.0 Å². The number of carboxylic acids is 1. The van der Waals surface area contributed by atoms with Crippen molar-refractivity contribution in [1.29, 1.82) is 0 Å². The molecule has 0 radical (unpaired) electrons. The summed E-state index contributed by atoms with van der Waals surface area (Å²) in [4.78, 5) is 22.7. The van der Waals surface area contributed by atoms with E-state index in [2.05, 4.69) is 0 Å². The van der Waals surface area contributed by atoms with E-state index in [1.165, 1.54) is 11.8 Å². The summed E-state index contributed by atoms with van der Waals surface area (Å²) in [5, 5.41) is 8.66. The highest BCUT2D eigenvalue weighted by Gasteiger charge is 2.15. The van der Waals surface area contributed by atoms with Crippen molar-refractivity contribution >= 4 is 23.5 Å². The first-order valence-corrected chi connectivity index (χ1v) is 7.15. The fraction of sp³-hybridized carbons (Fsp3) is 0.429. The van der Waals surface area contributed by atoms with Gasteiger partial charge in [-0.1, -0.05) is 17.7 Å². The van der Waals surface area contributed by atoms with Gasteiger partial charge in [0.1, 0.15) is 6.04 Å². The molecule has 0 bridgehead atoms. The Bertz CT molecular complexity index is 476. The average molecular weight is 281 g/mol. The third kappa shape index (κ3) is 4.36. The number of ketones is 1. The van der Waals surface area contributed by atoms with Crippen molar-refractivity contribution < 1.29 is 14.7 Å². The highest BCUT2D eigenvalue weighted by molar-refractivity contribution is 8.00. The molecule has 0 heterocycles. The van der Waals surface area contributed by atoms with Crippen LogP contribution in [0.3, 0.4) is 0 Å². The van der Waals surface area contributed by atoms with Crippen molar-refractivity contribution in [1.82, 2.24) is 0 Å². The predicted molar refractivity (Wildman–Crippen MR) is 77.9 cm³/mol. The molecule has 0 saturated heterocycles. The molecule has 0 saturated carbocycles. The average Bonchev–Trinajstić information content (AvgIpc) is 2.26. The number of carboxylic acid groups (broad SMARTS) is 1. The second kappa shape index (κ2) is 6.73. The number of aryl methyl sites for hydroxylation is 3. The lowest BCUT2D eigenvalue weighted by molar-refractivity contribution is -0.137. The number of hydrogen-bond donors (Lipinski definition) is 2. The molecule has 19 heavy (non-hydrogen) atoms. The summed E-state index contributed by atoms with van der Waals surface area (Å²) in [5.41, 5.74) is 9.19. The van der Waals surface area contributed by atoms with Crippen molar-refractivity contribution in [3.05, 3.63) is 34.4 Å². The molecule has 0 aliphatic carbocycles. The van der Waals surface area contributed by atoms with E-state index >= 15 is 0 Å². The molecule has 0 fully saturated rings. The maximum atomic E-state index is 12.1. The van der Waals surface area contributed by atoms with Gasteiger partial charge in [-0.25, -0.2) is 0 Å².